The van der Waals surface area contributed by atoms with E-state index < -0.39 is 28.5 Å². The molecule has 0 aliphatic rings. The molecule has 4 aromatic carbocycles. The van der Waals surface area contributed by atoms with Crippen LogP contribution in [0.3, 0.4) is 0 Å². The van der Waals surface area contributed by atoms with Crippen molar-refractivity contribution in [3.05, 3.63) is 136 Å². The molecule has 10 heteroatoms. The second kappa shape index (κ2) is 15.5. The number of methoxy groups -OCH3 is 1. The maximum absolute atomic E-state index is 14.1. The van der Waals surface area contributed by atoms with Crippen LogP contribution in [-0.2, 0) is 39.1 Å². The van der Waals surface area contributed by atoms with Crippen LogP contribution < -0.4 is 10.1 Å². The van der Waals surface area contributed by atoms with E-state index in [9.17, 15) is 18.0 Å². The summed E-state index contributed by atoms with van der Waals surface area (Å²) in [5, 5.41) is 3.53. The topological polar surface area (TPSA) is 96.0 Å². The molecule has 0 saturated heterocycles. The lowest BCUT2D eigenvalue weighted by Crippen LogP contribution is -2.48. The van der Waals surface area contributed by atoms with Crippen molar-refractivity contribution in [2.45, 2.75) is 25.6 Å². The van der Waals surface area contributed by atoms with Crippen LogP contribution in [0.4, 0.5) is 0 Å². The van der Waals surface area contributed by atoms with Gasteiger partial charge >= 0.3 is 0 Å². The molecule has 0 aromatic heterocycles. The van der Waals surface area contributed by atoms with Crippen molar-refractivity contribution in [2.75, 3.05) is 26.5 Å². The molecule has 0 radical (unpaired) electrons. The van der Waals surface area contributed by atoms with Crippen LogP contribution in [0.1, 0.15) is 28.3 Å². The lowest BCUT2D eigenvalue weighted by Gasteiger charge is -2.33. The molecule has 0 bridgehead atoms. The van der Waals surface area contributed by atoms with Gasteiger partial charge in [0.25, 0.3) is 0 Å². The molecule has 44 heavy (non-hydrogen) atoms. The van der Waals surface area contributed by atoms with Gasteiger partial charge in [-0.25, -0.2) is 8.42 Å². The molecule has 2 amide bonds. The Kier molecular flexibility index (Phi) is 11.5. The lowest BCUT2D eigenvalue weighted by molar-refractivity contribution is -0.141. The van der Waals surface area contributed by atoms with Gasteiger partial charge in [0.1, 0.15) is 11.8 Å². The van der Waals surface area contributed by atoms with Gasteiger partial charge in [-0.1, -0.05) is 96.5 Å². The summed E-state index contributed by atoms with van der Waals surface area (Å²) in [6, 6.07) is 31.6. The minimum atomic E-state index is -3.77. The van der Waals surface area contributed by atoms with Gasteiger partial charge in [-0.3, -0.25) is 9.59 Å². The molecule has 0 saturated carbocycles. The fourth-order valence-corrected chi connectivity index (χ4v) is 5.61. The Bertz CT molecular complexity index is 1620. The van der Waals surface area contributed by atoms with Crippen LogP contribution >= 0.6 is 11.6 Å². The summed E-state index contributed by atoms with van der Waals surface area (Å²) in [6.07, 6.45) is 1.65. The van der Waals surface area contributed by atoms with Crippen LogP contribution in [-0.4, -0.2) is 55.9 Å². The molecule has 0 spiro atoms. The average Bonchev–Trinajstić information content (AvgIpc) is 3.02. The zero-order valence-electron chi connectivity index (χ0n) is 24.7. The molecule has 8 nitrogen and oxygen atoms in total. The Morgan fingerprint density at radius 1 is 0.795 bits per heavy atom. The third-order valence-electron chi connectivity index (χ3n) is 7.12. The zero-order chi connectivity index (χ0) is 31.5. The van der Waals surface area contributed by atoms with Crippen LogP contribution in [0.25, 0.3) is 0 Å². The Morgan fingerprint density at radius 2 is 1.36 bits per heavy atom. The predicted octanol–water partition coefficient (Wildman–Crippen LogP) is 5.24. The van der Waals surface area contributed by atoms with Crippen LogP contribution in [0.15, 0.2) is 109 Å². The van der Waals surface area contributed by atoms with Gasteiger partial charge in [0, 0.05) is 24.7 Å². The highest BCUT2D eigenvalue weighted by Gasteiger charge is 2.33. The van der Waals surface area contributed by atoms with Gasteiger partial charge in [-0.2, -0.15) is 4.31 Å². The van der Waals surface area contributed by atoms with Gasteiger partial charge in [-0.15, -0.1) is 0 Å². The van der Waals surface area contributed by atoms with E-state index in [0.29, 0.717) is 23.6 Å². The minimum absolute atomic E-state index is 0.0181. The smallest absolute Gasteiger partial charge is 0.247 e. The number of carbonyl (C=O) groups excluding carboxylic acids is 2. The highest BCUT2D eigenvalue weighted by Crippen LogP contribution is 2.25. The van der Waals surface area contributed by atoms with Crippen molar-refractivity contribution >= 4 is 33.4 Å². The first-order valence-electron chi connectivity index (χ1n) is 14.1. The number of halogens is 1. The van der Waals surface area contributed by atoms with Crippen LogP contribution in [0.2, 0.25) is 5.02 Å². The first-order valence-corrected chi connectivity index (χ1v) is 16.3. The minimum Gasteiger partial charge on any atom is -0.497 e. The summed E-state index contributed by atoms with van der Waals surface area (Å²) in [7, 11) is -2.17. The van der Waals surface area contributed by atoms with Crippen molar-refractivity contribution in [3.8, 4) is 5.75 Å². The van der Waals surface area contributed by atoms with Gasteiger partial charge in [0.15, 0.2) is 0 Å². The molecule has 0 unspecified atom stereocenters. The van der Waals surface area contributed by atoms with E-state index in [2.05, 4.69) is 5.32 Å². The summed E-state index contributed by atoms with van der Waals surface area (Å²) in [5.41, 5.74) is 3.10. The van der Waals surface area contributed by atoms with E-state index in [0.717, 1.165) is 33.0 Å². The summed E-state index contributed by atoms with van der Waals surface area (Å²) in [4.78, 5) is 29.5. The van der Waals surface area contributed by atoms with Gasteiger partial charge in [0.05, 0.1) is 19.9 Å². The van der Waals surface area contributed by atoms with Crippen molar-refractivity contribution in [2.24, 2.45) is 0 Å². The second-order valence-corrected chi connectivity index (χ2v) is 12.8. The molecule has 0 aliphatic carbocycles. The highest BCUT2D eigenvalue weighted by molar-refractivity contribution is 7.88. The molecule has 4 aromatic rings. The Balaban J connectivity index is 1.64. The van der Waals surface area contributed by atoms with Crippen LogP contribution in [0, 0.1) is 0 Å². The fraction of sp³-hybridized carbons (Fsp3) is 0.235. The molecule has 230 valence electrons. The molecular formula is C34H36ClN3O5S. The highest BCUT2D eigenvalue weighted by atomic mass is 35.5. The molecule has 0 fully saturated rings. The molecular weight excluding hydrogens is 598 g/mol. The molecule has 1 N–H and O–H groups in total. The summed E-state index contributed by atoms with van der Waals surface area (Å²) < 4.78 is 32.0. The number of rotatable bonds is 14. The lowest BCUT2D eigenvalue weighted by atomic mass is 10.0. The Morgan fingerprint density at radius 3 is 1.95 bits per heavy atom. The molecule has 1 atom stereocenters. The van der Waals surface area contributed by atoms with Crippen molar-refractivity contribution in [1.82, 2.24) is 14.5 Å². The number of sulfonamides is 1. The summed E-state index contributed by atoms with van der Waals surface area (Å²) in [5.74, 6) is -0.143. The number of hydrogen-bond donors (Lipinski definition) is 1. The number of ether oxygens (including phenoxy) is 1. The average molecular weight is 634 g/mol. The maximum Gasteiger partial charge on any atom is 0.247 e. The quantitative estimate of drug-likeness (QED) is 0.205. The number of nitrogens with one attached hydrogen (secondary N) is 1. The number of carbonyl (C=O) groups is 2. The van der Waals surface area contributed by atoms with E-state index >= 15 is 0 Å². The third kappa shape index (κ3) is 9.41. The largest absolute Gasteiger partial charge is 0.497 e. The Hall–Kier alpha value is -4.18. The SMILES string of the molecule is COc1ccc(CCNC(=O)[C@@H](c2ccccc2)N(Cc2ccc(Cl)cc2)C(=O)CN(Cc2ccccc2)S(C)(=O)=O)cc1. The Labute approximate surface area is 264 Å². The number of hydrogen-bond acceptors (Lipinski definition) is 5. The van der Waals surface area contributed by atoms with E-state index in [4.69, 9.17) is 16.3 Å². The van der Waals surface area contributed by atoms with Crippen molar-refractivity contribution < 1.29 is 22.7 Å². The maximum atomic E-state index is 14.1. The standard InChI is InChI=1S/C34H36ClN3O5S/c1-43-31-19-15-26(16-20-31)21-22-36-34(40)33(29-11-7-4-8-12-29)38(24-28-13-17-30(35)18-14-28)32(39)25-37(44(2,41)42)23-27-9-5-3-6-10-27/h3-20,33H,21-25H2,1-2H3,(H,36,40)/t33-/m1/s1. The fourth-order valence-electron chi connectivity index (χ4n) is 4.76. The van der Waals surface area contributed by atoms with Crippen molar-refractivity contribution in [1.29, 1.82) is 0 Å². The normalized spacial score (nSPS) is 12.0. The first kappa shape index (κ1) is 32.7. The number of amides is 2. The van der Waals surface area contributed by atoms with Crippen molar-refractivity contribution in [3.63, 3.8) is 0 Å². The van der Waals surface area contributed by atoms with E-state index in [1.54, 1.807) is 67.8 Å². The van der Waals surface area contributed by atoms with E-state index in [1.807, 2.05) is 48.5 Å². The monoisotopic (exact) mass is 633 g/mol. The summed E-state index contributed by atoms with van der Waals surface area (Å²) >= 11 is 6.12. The second-order valence-electron chi connectivity index (χ2n) is 10.4. The van der Waals surface area contributed by atoms with E-state index in [-0.39, 0.29) is 19.0 Å². The van der Waals surface area contributed by atoms with Gasteiger partial charge in [0.2, 0.25) is 21.8 Å². The number of benzene rings is 4. The predicted molar refractivity (Wildman–Crippen MR) is 173 cm³/mol. The summed E-state index contributed by atoms with van der Waals surface area (Å²) in [6.45, 7) is -0.0284. The van der Waals surface area contributed by atoms with E-state index in [1.165, 1.54) is 4.90 Å². The van der Waals surface area contributed by atoms with Crippen LogP contribution in [0.5, 0.6) is 5.75 Å². The third-order valence-corrected chi connectivity index (χ3v) is 8.56. The molecule has 0 heterocycles. The van der Waals surface area contributed by atoms with Gasteiger partial charge in [-0.05, 0) is 52.9 Å². The zero-order valence-corrected chi connectivity index (χ0v) is 26.3. The number of nitrogens with zero attached hydrogens (tertiary/aromatic N) is 2. The first-order chi connectivity index (χ1) is 21.1. The molecule has 0 aliphatic heterocycles. The molecule has 4 rings (SSSR count). The van der Waals surface area contributed by atoms with Gasteiger partial charge < -0.3 is 15.0 Å².